The third-order valence-corrected chi connectivity index (χ3v) is 2.81. The average molecular weight is 222 g/mol. The Balaban J connectivity index is 2.28. The lowest BCUT2D eigenvalue weighted by atomic mass is 10.4. The van der Waals surface area contributed by atoms with E-state index in [1.165, 1.54) is 18.1 Å². The molecule has 3 N–H and O–H groups in total. The van der Waals surface area contributed by atoms with Gasteiger partial charge in [0.2, 0.25) is 5.16 Å². The molecule has 0 bridgehead atoms. The maximum atomic E-state index is 5.67. The third kappa shape index (κ3) is 2.07. The molecule has 0 radical (unpaired) electrons. The summed E-state index contributed by atoms with van der Waals surface area (Å²) < 4.78 is 0. The first-order chi connectivity index (χ1) is 7.16. The molecule has 6 nitrogen and oxygen atoms in total. The van der Waals surface area contributed by atoms with Gasteiger partial charge in [-0.3, -0.25) is 5.10 Å². The van der Waals surface area contributed by atoms with Crippen molar-refractivity contribution in [2.24, 2.45) is 0 Å². The molecule has 0 saturated carbocycles. The summed E-state index contributed by atoms with van der Waals surface area (Å²) in [6.45, 7) is 3.72. The minimum absolute atomic E-state index is 0.486. The van der Waals surface area contributed by atoms with Crippen LogP contribution in [0.2, 0.25) is 0 Å². The van der Waals surface area contributed by atoms with E-state index in [2.05, 4.69) is 25.1 Å². The van der Waals surface area contributed by atoms with Crippen molar-refractivity contribution in [1.29, 1.82) is 0 Å². The molecule has 2 aromatic rings. The Hall–Kier alpha value is -1.63. The number of hydrogen-bond acceptors (Lipinski definition) is 6. The number of nitrogens with one attached hydrogen (secondary N) is 1. The Kier molecular flexibility index (Phi) is 2.55. The van der Waals surface area contributed by atoms with Gasteiger partial charge in [-0.05, 0) is 25.6 Å². The lowest BCUT2D eigenvalue weighted by Gasteiger charge is -2.02. The molecule has 0 aliphatic rings. The summed E-state index contributed by atoms with van der Waals surface area (Å²) in [6, 6.07) is 0. The second-order valence-electron chi connectivity index (χ2n) is 2.99. The first kappa shape index (κ1) is 9.91. The van der Waals surface area contributed by atoms with Crippen LogP contribution in [0.1, 0.15) is 11.4 Å². The summed E-state index contributed by atoms with van der Waals surface area (Å²) in [5, 5.41) is 8.19. The molecule has 0 saturated heterocycles. The van der Waals surface area contributed by atoms with Crippen LogP contribution in [0.3, 0.4) is 0 Å². The van der Waals surface area contributed by atoms with Crippen LogP contribution in [-0.2, 0) is 0 Å². The van der Waals surface area contributed by atoms with E-state index in [9.17, 15) is 0 Å². The molecular weight excluding hydrogens is 212 g/mol. The van der Waals surface area contributed by atoms with Crippen LogP contribution in [0.4, 0.5) is 5.82 Å². The lowest BCUT2D eigenvalue weighted by Crippen LogP contribution is -1.97. The number of anilines is 1. The van der Waals surface area contributed by atoms with Crippen molar-refractivity contribution in [2.45, 2.75) is 24.0 Å². The predicted molar refractivity (Wildman–Crippen MR) is 56.4 cm³/mol. The van der Waals surface area contributed by atoms with Crippen molar-refractivity contribution < 1.29 is 0 Å². The summed E-state index contributed by atoms with van der Waals surface area (Å²) in [5.41, 5.74) is 6.52. The fourth-order valence-corrected chi connectivity index (χ4v) is 1.81. The third-order valence-electron chi connectivity index (χ3n) is 1.84. The highest BCUT2D eigenvalue weighted by molar-refractivity contribution is 7.99. The van der Waals surface area contributed by atoms with Crippen LogP contribution in [0.5, 0.6) is 0 Å². The zero-order valence-electron chi connectivity index (χ0n) is 8.35. The molecule has 0 amide bonds. The smallest absolute Gasteiger partial charge is 0.214 e. The highest BCUT2D eigenvalue weighted by atomic mass is 32.2. The first-order valence-corrected chi connectivity index (χ1v) is 5.12. The number of H-pyrrole nitrogens is 1. The minimum Gasteiger partial charge on any atom is -0.383 e. The van der Waals surface area contributed by atoms with Crippen molar-refractivity contribution >= 4 is 17.6 Å². The fourth-order valence-electron chi connectivity index (χ4n) is 1.00. The monoisotopic (exact) mass is 222 g/mol. The van der Waals surface area contributed by atoms with Crippen molar-refractivity contribution in [2.75, 3.05) is 5.73 Å². The summed E-state index contributed by atoms with van der Waals surface area (Å²) in [6.07, 6.45) is 1.43. The lowest BCUT2D eigenvalue weighted by molar-refractivity contribution is 0.954. The van der Waals surface area contributed by atoms with Gasteiger partial charge in [0, 0.05) is 5.56 Å². The zero-order valence-corrected chi connectivity index (χ0v) is 9.17. The Bertz CT molecular complexity index is 480. The second kappa shape index (κ2) is 3.85. The van der Waals surface area contributed by atoms with Gasteiger partial charge >= 0.3 is 0 Å². The summed E-state index contributed by atoms with van der Waals surface area (Å²) in [4.78, 5) is 12.2. The molecule has 2 aromatic heterocycles. The highest BCUT2D eigenvalue weighted by Crippen LogP contribution is 2.26. The molecule has 15 heavy (non-hydrogen) atoms. The molecule has 0 atom stereocenters. The van der Waals surface area contributed by atoms with Gasteiger partial charge in [-0.1, -0.05) is 0 Å². The number of nitrogen functional groups attached to an aromatic ring is 1. The zero-order chi connectivity index (χ0) is 10.8. The Labute approximate surface area is 90.7 Å². The van der Waals surface area contributed by atoms with Crippen molar-refractivity contribution in [3.63, 3.8) is 0 Å². The first-order valence-electron chi connectivity index (χ1n) is 4.30. The van der Waals surface area contributed by atoms with Crippen molar-refractivity contribution in [3.05, 3.63) is 17.7 Å². The number of nitrogens with zero attached hydrogens (tertiary/aromatic N) is 4. The van der Waals surface area contributed by atoms with E-state index in [1.54, 1.807) is 0 Å². The molecule has 0 spiro atoms. The van der Waals surface area contributed by atoms with Gasteiger partial charge in [-0.25, -0.2) is 15.0 Å². The van der Waals surface area contributed by atoms with E-state index in [4.69, 9.17) is 5.73 Å². The Morgan fingerprint density at radius 2 is 2.13 bits per heavy atom. The quantitative estimate of drug-likeness (QED) is 0.735. The summed E-state index contributed by atoms with van der Waals surface area (Å²) in [7, 11) is 0. The molecule has 0 aromatic carbocycles. The molecule has 0 aliphatic carbocycles. The van der Waals surface area contributed by atoms with Gasteiger partial charge in [0.05, 0.1) is 0 Å². The van der Waals surface area contributed by atoms with E-state index in [-0.39, 0.29) is 0 Å². The number of rotatable bonds is 2. The molecule has 0 aliphatic heterocycles. The Morgan fingerprint density at radius 1 is 1.33 bits per heavy atom. The van der Waals surface area contributed by atoms with Gasteiger partial charge in [0.1, 0.15) is 23.0 Å². The standard InChI is InChI=1S/C8H10N6S/c1-4-6(9)10-3-11-7(4)15-8-12-5(2)13-14-8/h3H,1-2H3,(H2,9,10,11)(H,12,13,14). The SMILES string of the molecule is Cc1nc(Sc2ncnc(N)c2C)n[nH]1. The Morgan fingerprint density at radius 3 is 2.80 bits per heavy atom. The fraction of sp³-hybridized carbons (Fsp3) is 0.250. The van der Waals surface area contributed by atoms with Crippen LogP contribution in [0, 0.1) is 13.8 Å². The normalized spacial score (nSPS) is 10.5. The number of nitrogens with two attached hydrogens (primary N) is 1. The maximum absolute atomic E-state index is 5.67. The molecule has 2 heterocycles. The molecular formula is C8H10N6S. The molecule has 2 rings (SSSR count). The van der Waals surface area contributed by atoms with Gasteiger partial charge in [-0.15, -0.1) is 5.10 Å². The number of aryl methyl sites for hydroxylation is 1. The topological polar surface area (TPSA) is 93.4 Å². The average Bonchev–Trinajstić information content (AvgIpc) is 2.59. The van der Waals surface area contributed by atoms with Gasteiger partial charge in [-0.2, -0.15) is 0 Å². The molecule has 78 valence electrons. The molecule has 7 heteroatoms. The van der Waals surface area contributed by atoms with Gasteiger partial charge in [0.15, 0.2) is 0 Å². The molecule has 0 unspecified atom stereocenters. The maximum Gasteiger partial charge on any atom is 0.214 e. The van der Waals surface area contributed by atoms with Gasteiger partial charge < -0.3 is 5.73 Å². The number of aromatic amines is 1. The van der Waals surface area contributed by atoms with Crippen molar-refractivity contribution in [1.82, 2.24) is 25.1 Å². The van der Waals surface area contributed by atoms with Gasteiger partial charge in [0.25, 0.3) is 0 Å². The van der Waals surface area contributed by atoms with E-state index in [0.29, 0.717) is 11.0 Å². The van der Waals surface area contributed by atoms with Crippen LogP contribution < -0.4 is 5.73 Å². The number of aromatic nitrogens is 5. The van der Waals surface area contributed by atoms with Crippen molar-refractivity contribution in [3.8, 4) is 0 Å². The molecule has 0 fully saturated rings. The van der Waals surface area contributed by atoms with E-state index < -0.39 is 0 Å². The van der Waals surface area contributed by atoms with Crippen LogP contribution >= 0.6 is 11.8 Å². The van der Waals surface area contributed by atoms with Crippen LogP contribution in [0.15, 0.2) is 16.5 Å². The summed E-state index contributed by atoms with van der Waals surface area (Å²) >= 11 is 1.36. The predicted octanol–water partition coefficient (Wildman–Crippen LogP) is 0.945. The second-order valence-corrected chi connectivity index (χ2v) is 3.95. The van der Waals surface area contributed by atoms with E-state index in [0.717, 1.165) is 16.4 Å². The van der Waals surface area contributed by atoms with Crippen LogP contribution in [-0.4, -0.2) is 25.1 Å². The van der Waals surface area contributed by atoms with E-state index >= 15 is 0 Å². The highest BCUT2D eigenvalue weighted by Gasteiger charge is 2.08. The number of hydrogen-bond donors (Lipinski definition) is 2. The van der Waals surface area contributed by atoms with Crippen LogP contribution in [0.25, 0.3) is 0 Å². The summed E-state index contributed by atoms with van der Waals surface area (Å²) in [5.74, 6) is 1.26. The van der Waals surface area contributed by atoms with E-state index in [1.807, 2.05) is 13.8 Å². The minimum atomic E-state index is 0.486. The largest absolute Gasteiger partial charge is 0.383 e.